The predicted molar refractivity (Wildman–Crippen MR) is 77.7 cm³/mol. The van der Waals surface area contributed by atoms with Crippen LogP contribution >= 0.6 is 0 Å². The molecule has 0 aliphatic heterocycles. The summed E-state index contributed by atoms with van der Waals surface area (Å²) in [5.41, 5.74) is 0.677. The van der Waals surface area contributed by atoms with Crippen LogP contribution in [0.1, 0.15) is 25.3 Å². The van der Waals surface area contributed by atoms with Gasteiger partial charge in [0.05, 0.1) is 20.6 Å². The van der Waals surface area contributed by atoms with Crippen LogP contribution in [0.15, 0.2) is 18.2 Å². The van der Waals surface area contributed by atoms with E-state index in [4.69, 9.17) is 14.6 Å². The molecule has 0 aromatic heterocycles. The molecular formula is C15H21NO5. The van der Waals surface area contributed by atoms with E-state index in [-0.39, 0.29) is 12.3 Å². The molecule has 6 nitrogen and oxygen atoms in total. The van der Waals surface area contributed by atoms with E-state index >= 15 is 0 Å². The molecule has 0 heterocycles. The third kappa shape index (κ3) is 4.98. The smallest absolute Gasteiger partial charge is 0.326 e. The molecule has 0 unspecified atom stereocenters. The summed E-state index contributed by atoms with van der Waals surface area (Å²) in [5.74, 6) is -0.205. The molecule has 2 N–H and O–H groups in total. The van der Waals surface area contributed by atoms with Crippen LogP contribution in [0.5, 0.6) is 11.5 Å². The van der Waals surface area contributed by atoms with E-state index in [0.29, 0.717) is 29.9 Å². The van der Waals surface area contributed by atoms with Gasteiger partial charge in [-0.1, -0.05) is 19.4 Å². The van der Waals surface area contributed by atoms with Crippen LogP contribution in [0, 0.1) is 0 Å². The minimum atomic E-state index is -1.02. The molecule has 116 valence electrons. The summed E-state index contributed by atoms with van der Waals surface area (Å²) in [4.78, 5) is 23.0. The number of hydrogen-bond donors (Lipinski definition) is 2. The molecule has 0 saturated carbocycles. The minimum absolute atomic E-state index is 0.0562. The molecule has 0 saturated heterocycles. The largest absolute Gasteiger partial charge is 0.497 e. The van der Waals surface area contributed by atoms with Gasteiger partial charge in [-0.3, -0.25) is 4.79 Å². The number of rotatable bonds is 8. The highest BCUT2D eigenvalue weighted by Gasteiger charge is 2.19. The molecule has 0 aliphatic carbocycles. The van der Waals surface area contributed by atoms with Crippen molar-refractivity contribution >= 4 is 11.9 Å². The fourth-order valence-corrected chi connectivity index (χ4v) is 1.96. The number of hydrogen-bond acceptors (Lipinski definition) is 4. The Hall–Kier alpha value is -2.24. The average molecular weight is 295 g/mol. The van der Waals surface area contributed by atoms with E-state index in [1.54, 1.807) is 25.3 Å². The second-order valence-corrected chi connectivity index (χ2v) is 4.60. The summed E-state index contributed by atoms with van der Waals surface area (Å²) in [6.45, 7) is 1.87. The number of nitrogens with one attached hydrogen (secondary N) is 1. The zero-order chi connectivity index (χ0) is 15.8. The highest BCUT2D eigenvalue weighted by Crippen LogP contribution is 2.24. The first-order chi connectivity index (χ1) is 10.0. The van der Waals surface area contributed by atoms with E-state index in [9.17, 15) is 9.59 Å². The first kappa shape index (κ1) is 16.8. The molecule has 0 bridgehead atoms. The Bertz CT molecular complexity index is 501. The number of carbonyl (C=O) groups is 2. The van der Waals surface area contributed by atoms with Crippen molar-refractivity contribution in [2.24, 2.45) is 0 Å². The third-order valence-electron chi connectivity index (χ3n) is 3.06. The van der Waals surface area contributed by atoms with Crippen LogP contribution in [0.4, 0.5) is 0 Å². The van der Waals surface area contributed by atoms with Crippen LogP contribution in [0.2, 0.25) is 0 Å². The number of aliphatic carboxylic acids is 1. The number of amides is 1. The normalized spacial score (nSPS) is 11.6. The first-order valence-corrected chi connectivity index (χ1v) is 6.74. The highest BCUT2D eigenvalue weighted by atomic mass is 16.5. The van der Waals surface area contributed by atoms with Gasteiger partial charge in [0.15, 0.2) is 0 Å². The Morgan fingerprint density at radius 2 is 2.00 bits per heavy atom. The Balaban J connectivity index is 2.76. The number of ether oxygens (including phenoxy) is 2. The van der Waals surface area contributed by atoms with Gasteiger partial charge in [-0.15, -0.1) is 0 Å². The number of carboxylic acids is 1. The maximum absolute atomic E-state index is 12.0. The second kappa shape index (κ2) is 8.14. The van der Waals surface area contributed by atoms with Crippen LogP contribution < -0.4 is 14.8 Å². The summed E-state index contributed by atoms with van der Waals surface area (Å²) >= 11 is 0. The summed E-state index contributed by atoms with van der Waals surface area (Å²) in [5, 5.41) is 11.6. The molecule has 0 aliphatic rings. The fourth-order valence-electron chi connectivity index (χ4n) is 1.96. The SMILES string of the molecule is CCC[C@H](NC(=O)Cc1ccc(OC)cc1OC)C(=O)O. The van der Waals surface area contributed by atoms with E-state index in [2.05, 4.69) is 5.32 Å². The van der Waals surface area contributed by atoms with Crippen LogP contribution in [0.3, 0.4) is 0 Å². The van der Waals surface area contributed by atoms with Crippen LogP contribution in [-0.4, -0.2) is 37.2 Å². The van der Waals surface area contributed by atoms with E-state index in [1.165, 1.54) is 7.11 Å². The van der Waals surface area contributed by atoms with Gasteiger partial charge in [0, 0.05) is 11.6 Å². The summed E-state index contributed by atoms with van der Waals surface area (Å²) in [6, 6.07) is 4.29. The molecule has 1 aromatic rings. The monoisotopic (exact) mass is 295 g/mol. The topological polar surface area (TPSA) is 84.9 Å². The van der Waals surface area contributed by atoms with Gasteiger partial charge in [-0.05, 0) is 12.5 Å². The zero-order valence-electron chi connectivity index (χ0n) is 12.5. The predicted octanol–water partition coefficient (Wildman–Crippen LogP) is 1.62. The molecule has 6 heteroatoms. The zero-order valence-corrected chi connectivity index (χ0v) is 12.5. The van der Waals surface area contributed by atoms with E-state index in [0.717, 1.165) is 0 Å². The number of carbonyl (C=O) groups excluding carboxylic acids is 1. The molecule has 1 rings (SSSR count). The molecular weight excluding hydrogens is 274 g/mol. The van der Waals surface area contributed by atoms with Gasteiger partial charge in [-0.2, -0.15) is 0 Å². The van der Waals surface area contributed by atoms with Gasteiger partial charge >= 0.3 is 5.97 Å². The standard InChI is InChI=1S/C15H21NO5/c1-4-5-12(15(18)19)16-14(17)8-10-6-7-11(20-2)9-13(10)21-3/h6-7,9,12H,4-5,8H2,1-3H3,(H,16,17)(H,18,19)/t12-/m0/s1. The molecule has 1 amide bonds. The second-order valence-electron chi connectivity index (χ2n) is 4.60. The van der Waals surface area contributed by atoms with Crippen LogP contribution in [-0.2, 0) is 16.0 Å². The summed E-state index contributed by atoms with van der Waals surface area (Å²) in [6.07, 6.45) is 1.14. The van der Waals surface area contributed by atoms with Crippen molar-refractivity contribution in [3.8, 4) is 11.5 Å². The van der Waals surface area contributed by atoms with Crippen molar-refractivity contribution in [2.45, 2.75) is 32.2 Å². The lowest BCUT2D eigenvalue weighted by molar-refractivity contribution is -0.141. The first-order valence-electron chi connectivity index (χ1n) is 6.74. The van der Waals surface area contributed by atoms with Crippen LogP contribution in [0.25, 0.3) is 0 Å². The molecule has 0 radical (unpaired) electrons. The summed E-state index contributed by atoms with van der Waals surface area (Å²) < 4.78 is 10.3. The van der Waals surface area contributed by atoms with Crippen molar-refractivity contribution in [1.82, 2.24) is 5.32 Å². The highest BCUT2D eigenvalue weighted by molar-refractivity contribution is 5.85. The minimum Gasteiger partial charge on any atom is -0.497 e. The number of methoxy groups -OCH3 is 2. The molecule has 0 spiro atoms. The van der Waals surface area contributed by atoms with Gasteiger partial charge in [-0.25, -0.2) is 4.79 Å². The Morgan fingerprint density at radius 1 is 1.29 bits per heavy atom. The van der Waals surface area contributed by atoms with Gasteiger partial charge in [0.2, 0.25) is 5.91 Å². The lowest BCUT2D eigenvalue weighted by Gasteiger charge is -2.15. The van der Waals surface area contributed by atoms with Crippen molar-refractivity contribution in [2.75, 3.05) is 14.2 Å². The fraction of sp³-hybridized carbons (Fsp3) is 0.467. The van der Waals surface area contributed by atoms with Gasteiger partial charge in [0.1, 0.15) is 17.5 Å². The van der Waals surface area contributed by atoms with Crippen molar-refractivity contribution in [3.63, 3.8) is 0 Å². The number of carboxylic acid groups (broad SMARTS) is 1. The molecule has 0 fully saturated rings. The lowest BCUT2D eigenvalue weighted by atomic mass is 10.1. The molecule has 1 atom stereocenters. The maximum atomic E-state index is 12.0. The Kier molecular flexibility index (Phi) is 6.52. The van der Waals surface area contributed by atoms with E-state index in [1.807, 2.05) is 6.92 Å². The van der Waals surface area contributed by atoms with Crippen molar-refractivity contribution in [1.29, 1.82) is 0 Å². The lowest BCUT2D eigenvalue weighted by Crippen LogP contribution is -2.41. The average Bonchev–Trinajstić information content (AvgIpc) is 2.47. The van der Waals surface area contributed by atoms with Gasteiger partial charge < -0.3 is 19.9 Å². The maximum Gasteiger partial charge on any atom is 0.326 e. The Labute approximate surface area is 124 Å². The third-order valence-corrected chi connectivity index (χ3v) is 3.06. The number of benzene rings is 1. The molecule has 1 aromatic carbocycles. The van der Waals surface area contributed by atoms with Gasteiger partial charge in [0.25, 0.3) is 0 Å². The van der Waals surface area contributed by atoms with Crippen molar-refractivity contribution in [3.05, 3.63) is 23.8 Å². The van der Waals surface area contributed by atoms with Crippen molar-refractivity contribution < 1.29 is 24.2 Å². The molecule has 21 heavy (non-hydrogen) atoms. The van der Waals surface area contributed by atoms with E-state index < -0.39 is 12.0 Å². The Morgan fingerprint density at radius 3 is 2.52 bits per heavy atom. The quantitative estimate of drug-likeness (QED) is 0.761. The summed E-state index contributed by atoms with van der Waals surface area (Å²) in [7, 11) is 3.05.